The van der Waals surface area contributed by atoms with Gasteiger partial charge < -0.3 is 48.7 Å². The maximum Gasteiger partial charge on any atom is 0.240 e. The lowest BCUT2D eigenvalue weighted by atomic mass is 9.47. The summed E-state index contributed by atoms with van der Waals surface area (Å²) in [6, 6.07) is 11.5. The number of benzene rings is 4. The van der Waals surface area contributed by atoms with E-state index in [0.717, 1.165) is 105 Å². The van der Waals surface area contributed by atoms with Crippen molar-refractivity contribution in [3.8, 4) is 68.6 Å². The van der Waals surface area contributed by atoms with E-state index in [-0.39, 0.29) is 70.3 Å². The van der Waals surface area contributed by atoms with Crippen LogP contribution in [0.4, 0.5) is 0 Å². The Hall–Kier alpha value is -6.25. The fourth-order valence-corrected chi connectivity index (χ4v) is 19.4. The van der Waals surface area contributed by atoms with Crippen LogP contribution in [0.1, 0.15) is 161 Å². The zero-order chi connectivity index (χ0) is 79.5. The molecule has 0 bridgehead atoms. The quantitative estimate of drug-likeness (QED) is 0.0132. The Morgan fingerprint density at radius 2 is 1.01 bits per heavy atom. The molecule has 33 heteroatoms. The van der Waals surface area contributed by atoms with Crippen LogP contribution in [0.3, 0.4) is 0 Å². The third kappa shape index (κ3) is 21.9. The van der Waals surface area contributed by atoms with Gasteiger partial charge in [0.25, 0.3) is 0 Å². The fourth-order valence-electron chi connectivity index (χ4n) is 16.7. The number of allylic oxidation sites excluding steroid dienone is 1. The van der Waals surface area contributed by atoms with Gasteiger partial charge in [0.2, 0.25) is 71.9 Å². The molecule has 2 heterocycles. The van der Waals surface area contributed by atoms with Crippen molar-refractivity contribution in [2.75, 3.05) is 57.7 Å². The van der Waals surface area contributed by atoms with Crippen LogP contribution in [0, 0.1) is 60.2 Å². The van der Waals surface area contributed by atoms with Crippen molar-refractivity contribution in [1.29, 1.82) is 0 Å². The smallest absolute Gasteiger partial charge is 0.240 e. The van der Waals surface area contributed by atoms with Crippen molar-refractivity contribution < 1.29 is 115 Å². The molecular formula is C75H108O28S5. The number of aryl methyl sites for hydroxylation is 2. The molecule has 0 saturated heterocycles. The molecule has 28 nitrogen and oxygen atoms in total. The molecular weight excluding hydrogens is 1510 g/mol. The maximum atomic E-state index is 14.8. The van der Waals surface area contributed by atoms with Gasteiger partial charge in [-0.05, 0) is 172 Å². The normalized spacial score (nSPS) is 23.4. The Morgan fingerprint density at radius 3 is 1.58 bits per heavy atom. The van der Waals surface area contributed by atoms with E-state index in [1.54, 1.807) is 12.5 Å². The highest BCUT2D eigenvalue weighted by atomic mass is 32.3. The first-order valence-corrected chi connectivity index (χ1v) is 47.5. The molecule has 0 spiro atoms. The van der Waals surface area contributed by atoms with E-state index in [1.807, 2.05) is 0 Å². The lowest BCUT2D eigenvalue weighted by molar-refractivity contribution is -0.0641. The summed E-state index contributed by atoms with van der Waals surface area (Å²) in [4.78, 5) is 29.4. The van der Waals surface area contributed by atoms with Crippen LogP contribution in [-0.4, -0.2) is 130 Å². The topological polar surface area (TPSA) is 431 Å². The Balaban J connectivity index is 0.795. The first-order valence-electron chi connectivity index (χ1n) is 36.4. The molecule has 8 atom stereocenters. The van der Waals surface area contributed by atoms with Gasteiger partial charge in [-0.2, -0.15) is 21.0 Å². The molecule has 4 aromatic carbocycles. The van der Waals surface area contributed by atoms with Crippen molar-refractivity contribution in [2.24, 2.45) is 46.3 Å². The summed E-state index contributed by atoms with van der Waals surface area (Å²) in [7, 11) is -29.6. The van der Waals surface area contributed by atoms with Gasteiger partial charge in [-0.15, -0.1) is 0 Å². The first-order chi connectivity index (χ1) is 49.5. The second-order valence-electron chi connectivity index (χ2n) is 31.9. The summed E-state index contributed by atoms with van der Waals surface area (Å²) < 4.78 is 230. The molecule has 1 unspecified atom stereocenters. The van der Waals surface area contributed by atoms with Gasteiger partial charge in [-0.3, -0.25) is 55.1 Å². The summed E-state index contributed by atoms with van der Waals surface area (Å²) in [6.45, 7) is 15.3. The molecule has 4 aliphatic rings. The fraction of sp³-hybridized carbons (Fsp3) is 0.573. The number of hydrogen-bond acceptors (Lipinski definition) is 18. The Bertz CT molecular complexity index is 4890. The molecule has 0 aliphatic heterocycles. The average molecular weight is 1620 g/mol. The Morgan fingerprint density at radius 1 is 0.500 bits per heavy atom. The van der Waals surface area contributed by atoms with Crippen molar-refractivity contribution in [3.05, 3.63) is 104 Å². The summed E-state index contributed by atoms with van der Waals surface area (Å²) in [5.74, 6) is -1.29. The molecule has 4 aliphatic carbocycles. The van der Waals surface area contributed by atoms with Crippen LogP contribution in [0.25, 0.3) is 44.6 Å². The van der Waals surface area contributed by atoms with Crippen LogP contribution < -0.4 is 46.0 Å². The minimum atomic E-state index is -6.17. The van der Waals surface area contributed by atoms with Gasteiger partial charge in [0.1, 0.15) is 44.9 Å². The molecule has 3 fully saturated rings. The zero-order valence-electron chi connectivity index (χ0n) is 63.3. The second kappa shape index (κ2) is 29.7. The summed E-state index contributed by atoms with van der Waals surface area (Å²) in [5.41, 5.74) is -0.787. The van der Waals surface area contributed by atoms with Crippen molar-refractivity contribution >= 4 is 71.5 Å². The number of rotatable bonds is 34. The molecule has 10 rings (SSSR count). The van der Waals surface area contributed by atoms with E-state index >= 15 is 0 Å². The van der Waals surface area contributed by atoms with E-state index in [0.29, 0.717) is 55.3 Å². The molecule has 6 aromatic rings. The Labute approximate surface area is 629 Å². The monoisotopic (exact) mass is 1620 g/mol. The Kier molecular flexibility index (Phi) is 23.1. The lowest BCUT2D eigenvalue weighted by Gasteiger charge is -2.58. The minimum absolute atomic E-state index is 0.0384. The number of hydrogen-bond donors (Lipinski definition) is 10. The lowest BCUT2D eigenvalue weighted by Crippen LogP contribution is -2.51. The molecule has 2 aromatic heterocycles. The predicted molar refractivity (Wildman–Crippen MR) is 417 cm³/mol. The third-order valence-electron chi connectivity index (χ3n) is 21.2. The highest BCUT2D eigenvalue weighted by Gasteiger charge is 2.59. The molecule has 108 heavy (non-hydrogen) atoms. The van der Waals surface area contributed by atoms with Crippen molar-refractivity contribution in [2.45, 2.75) is 170 Å². The van der Waals surface area contributed by atoms with E-state index in [2.05, 4.69) is 40.7 Å². The summed E-state index contributed by atoms with van der Waals surface area (Å²) >= 11 is 0. The van der Waals surface area contributed by atoms with E-state index in [1.165, 1.54) is 101 Å². The van der Waals surface area contributed by atoms with E-state index < -0.39 is 124 Å². The van der Waals surface area contributed by atoms with Crippen LogP contribution in [0.2, 0.25) is 0 Å². The minimum Gasteiger partial charge on any atom is -0.493 e. The first kappa shape index (κ1) is 84.2. The zero-order valence-corrected chi connectivity index (χ0v) is 67.4. The summed E-state index contributed by atoms with van der Waals surface area (Å²) in [5, 5.41) is -1.01. The van der Waals surface area contributed by atoms with Crippen LogP contribution >= 0.6 is 0 Å². The SMILES string of the molecule is Cc1cc(OCCCOc2cc(OS(C)(=O)(O)O)cc3oc(-c4ccc(C)c(OS(C)(=O)(O)O)c4)c(OS(C)(=O)(O)O)c(=O)c23)c2c(=O)c(OS(C)(=O)(O)O)c(-c3ccc(OS(C)(=O)(O)O)c(OCCCCCCCCOC4CC[C@@]5(C)C(=CC[C@H]6[C@@H]7CC[C@H]([C@H](C)CCCC(C)C)[C@@]7(C)CC[C@@H]65)C4)c3)oc2c1. The van der Waals surface area contributed by atoms with Gasteiger partial charge in [0, 0.05) is 36.3 Å². The molecule has 0 radical (unpaired) electrons. The molecule has 3 saturated carbocycles. The van der Waals surface area contributed by atoms with Gasteiger partial charge in [-0.1, -0.05) is 103 Å². The standard InChI is InChI=1S/C75H108O28S5/c1-46(2)21-19-22-48(4)56-28-29-57-55-27-26-52-43-53(31-33-74(52,6)58(55)32-34-75(56,57)7)93-35-17-15-13-14-16-18-36-94-61-42-51(25-30-59(61)100-105(9,81,82)83)71-72(102-107(11,87,88)89)68(76)66-62(39-47(3)40-64(66)97-71)95-37-20-38-96-63-44-54(99-104(8,78,79)80)45-65-67(63)69(77)73(103-108(12,90,91)92)70(98-65)50-24-23-49(5)60(41-50)101-106(10,84,85)86/h23-26,30,39-42,44-46,48,53,55-58H,13-22,27-29,31-38,43H2,1-12H3,(H2,78,79,80)(H2,81,82,83)(H2,84,85,86)(H2,87,88,89)(H2,90,91,92)/t48-,53?,55+,56-,57+,58+,74+,75-/m1/s1. The number of unbranched alkanes of at least 4 members (excludes halogenated alkanes) is 5. The van der Waals surface area contributed by atoms with Gasteiger partial charge >= 0.3 is 0 Å². The highest BCUT2D eigenvalue weighted by molar-refractivity contribution is 8.06. The predicted octanol–water partition coefficient (Wildman–Crippen LogP) is 16.3. The third-order valence-corrected chi connectivity index (χ3v) is 24.0. The second-order valence-corrected chi connectivity index (χ2v) is 44.2. The van der Waals surface area contributed by atoms with Crippen LogP contribution in [-0.2, 0) is 54.3 Å². The van der Waals surface area contributed by atoms with Gasteiger partial charge in [-0.25, -0.2) is 0 Å². The van der Waals surface area contributed by atoms with Crippen molar-refractivity contribution in [3.63, 3.8) is 0 Å². The average Bonchev–Trinajstić information content (AvgIpc) is 1.38. The van der Waals surface area contributed by atoms with Gasteiger partial charge in [0.05, 0.1) is 57.2 Å². The molecule has 606 valence electrons. The van der Waals surface area contributed by atoms with Crippen LogP contribution in [0.5, 0.6) is 46.0 Å². The number of fused-ring (bicyclic) bond motifs is 7. The highest BCUT2D eigenvalue weighted by Crippen LogP contribution is 2.67. The largest absolute Gasteiger partial charge is 0.493 e. The van der Waals surface area contributed by atoms with Gasteiger partial charge in [0.15, 0.2) is 23.0 Å². The van der Waals surface area contributed by atoms with Crippen LogP contribution in [0.15, 0.2) is 90.7 Å². The van der Waals surface area contributed by atoms with E-state index in [4.69, 9.17) is 48.7 Å². The van der Waals surface area contributed by atoms with E-state index in [9.17, 15) is 76.2 Å². The molecule has 10 N–H and O–H groups in total. The molecule has 0 amide bonds. The maximum absolute atomic E-state index is 14.8. The number of ether oxygens (including phenoxy) is 4. The summed E-state index contributed by atoms with van der Waals surface area (Å²) in [6.07, 6.45) is 23.8. The van der Waals surface area contributed by atoms with Crippen molar-refractivity contribution in [1.82, 2.24) is 0 Å².